The maximum absolute atomic E-state index is 6.17. The minimum absolute atomic E-state index is 0.392. The predicted octanol–water partition coefficient (Wildman–Crippen LogP) is 4.16. The third-order valence-electron chi connectivity index (χ3n) is 4.30. The van der Waals surface area contributed by atoms with Crippen molar-refractivity contribution < 1.29 is 0 Å². The lowest BCUT2D eigenvalue weighted by Gasteiger charge is -2.22. The summed E-state index contributed by atoms with van der Waals surface area (Å²) >= 11 is 6.17. The molecule has 21 heavy (non-hydrogen) atoms. The first kappa shape index (κ1) is 14.4. The highest BCUT2D eigenvalue weighted by molar-refractivity contribution is 6.31. The average Bonchev–Trinajstić information content (AvgIpc) is 2.98. The Hall–Kier alpha value is -1.55. The summed E-state index contributed by atoms with van der Waals surface area (Å²) in [6.07, 6.45) is 5.65. The number of hydrogen-bond acceptors (Lipinski definition) is 3. The minimum Gasteiger partial charge on any atom is -0.380 e. The molecule has 0 aliphatic heterocycles. The topological polar surface area (TPSA) is 42.7 Å². The van der Waals surface area contributed by atoms with Gasteiger partial charge in [-0.25, -0.2) is 9.67 Å². The third kappa shape index (κ3) is 3.05. The molecule has 1 aromatic heterocycles. The Kier molecular flexibility index (Phi) is 3.66. The first-order valence-electron chi connectivity index (χ1n) is 7.36. The molecular weight excluding hydrogens is 284 g/mol. The van der Waals surface area contributed by atoms with E-state index in [1.54, 1.807) is 17.3 Å². The van der Waals surface area contributed by atoms with Gasteiger partial charge in [0.25, 0.3) is 0 Å². The van der Waals surface area contributed by atoms with Crippen LogP contribution in [0.2, 0.25) is 5.02 Å². The van der Waals surface area contributed by atoms with Gasteiger partial charge < -0.3 is 5.32 Å². The van der Waals surface area contributed by atoms with Gasteiger partial charge >= 0.3 is 0 Å². The molecule has 0 radical (unpaired) electrons. The van der Waals surface area contributed by atoms with Gasteiger partial charge in [0, 0.05) is 11.1 Å². The van der Waals surface area contributed by atoms with Crippen LogP contribution in [0, 0.1) is 11.3 Å². The second kappa shape index (κ2) is 5.34. The van der Waals surface area contributed by atoms with Crippen LogP contribution in [0.3, 0.4) is 0 Å². The molecule has 1 aromatic carbocycles. The normalized spacial score (nSPS) is 24.2. The van der Waals surface area contributed by atoms with Crippen LogP contribution in [0.15, 0.2) is 30.9 Å². The lowest BCUT2D eigenvalue weighted by molar-refractivity contribution is 0.366. The van der Waals surface area contributed by atoms with E-state index in [4.69, 9.17) is 11.6 Å². The Balaban J connectivity index is 1.90. The van der Waals surface area contributed by atoms with Crippen molar-refractivity contribution in [2.24, 2.45) is 11.3 Å². The van der Waals surface area contributed by atoms with Crippen LogP contribution >= 0.6 is 11.6 Å². The summed E-state index contributed by atoms with van der Waals surface area (Å²) in [4.78, 5) is 4.02. The number of nitrogens with zero attached hydrogens (tertiary/aromatic N) is 3. The highest BCUT2D eigenvalue weighted by Crippen LogP contribution is 2.42. The fraction of sp³-hybridized carbons (Fsp3) is 0.500. The molecule has 1 aliphatic carbocycles. The second-order valence-corrected chi connectivity index (χ2v) is 7.24. The molecule has 0 amide bonds. The third-order valence-corrected chi connectivity index (χ3v) is 4.53. The zero-order chi connectivity index (χ0) is 15.0. The van der Waals surface area contributed by atoms with Gasteiger partial charge in [0.2, 0.25) is 0 Å². The van der Waals surface area contributed by atoms with Crippen LogP contribution in [0.1, 0.15) is 33.6 Å². The summed E-state index contributed by atoms with van der Waals surface area (Å²) in [5.41, 5.74) is 2.39. The van der Waals surface area contributed by atoms with E-state index in [1.165, 1.54) is 6.42 Å². The molecule has 0 spiro atoms. The fourth-order valence-electron chi connectivity index (χ4n) is 3.44. The molecule has 2 aromatic rings. The Labute approximate surface area is 130 Å². The van der Waals surface area contributed by atoms with E-state index in [0.29, 0.717) is 17.4 Å². The smallest absolute Gasteiger partial charge is 0.138 e. The number of rotatable bonds is 3. The van der Waals surface area contributed by atoms with E-state index in [2.05, 4.69) is 36.2 Å². The second-order valence-electron chi connectivity index (χ2n) is 6.80. The average molecular weight is 305 g/mol. The Morgan fingerprint density at radius 1 is 1.33 bits per heavy atom. The molecular formula is C16H21ClN4. The first-order chi connectivity index (χ1) is 9.94. The van der Waals surface area contributed by atoms with E-state index in [9.17, 15) is 0 Å². The lowest BCUT2D eigenvalue weighted by atomic mass is 9.91. The molecule has 0 saturated heterocycles. The van der Waals surface area contributed by atoms with Crippen molar-refractivity contribution in [1.82, 2.24) is 14.8 Å². The Bertz CT molecular complexity index is 621. The molecule has 4 nitrogen and oxygen atoms in total. The summed E-state index contributed by atoms with van der Waals surface area (Å²) in [6, 6.07) is 6.28. The molecule has 1 heterocycles. The zero-order valence-corrected chi connectivity index (χ0v) is 13.4. The molecule has 0 bridgehead atoms. The van der Waals surface area contributed by atoms with Crippen LogP contribution < -0.4 is 5.32 Å². The number of anilines is 1. The highest BCUT2D eigenvalue weighted by atomic mass is 35.5. The van der Waals surface area contributed by atoms with Gasteiger partial charge in [0.05, 0.1) is 11.4 Å². The standard InChI is InChI=1S/C16H21ClN4/c1-11-7-16(2,3)8-14(11)20-13-6-12(17)4-5-15(13)21-10-18-9-19-21/h4-6,9-11,14,20H,7-8H2,1-3H3. The van der Waals surface area contributed by atoms with E-state index >= 15 is 0 Å². The SMILES string of the molecule is CC1CC(C)(C)CC1Nc1cc(Cl)ccc1-n1cncn1. The van der Waals surface area contributed by atoms with E-state index in [1.807, 2.05) is 18.2 Å². The largest absolute Gasteiger partial charge is 0.380 e. The number of aromatic nitrogens is 3. The van der Waals surface area contributed by atoms with Crippen molar-refractivity contribution in [1.29, 1.82) is 0 Å². The van der Waals surface area contributed by atoms with Crippen LogP contribution in [0.4, 0.5) is 5.69 Å². The monoisotopic (exact) mass is 304 g/mol. The van der Waals surface area contributed by atoms with Gasteiger partial charge in [-0.2, -0.15) is 5.10 Å². The van der Waals surface area contributed by atoms with Crippen LogP contribution in [0.25, 0.3) is 5.69 Å². The Morgan fingerprint density at radius 3 is 2.76 bits per heavy atom. The van der Waals surface area contributed by atoms with E-state index in [-0.39, 0.29) is 0 Å². The van der Waals surface area contributed by atoms with Crippen LogP contribution in [-0.4, -0.2) is 20.8 Å². The minimum atomic E-state index is 0.392. The van der Waals surface area contributed by atoms with Crippen molar-refractivity contribution in [3.05, 3.63) is 35.9 Å². The maximum Gasteiger partial charge on any atom is 0.138 e. The highest BCUT2D eigenvalue weighted by Gasteiger charge is 2.36. The quantitative estimate of drug-likeness (QED) is 0.926. The van der Waals surface area contributed by atoms with Crippen LogP contribution in [0.5, 0.6) is 0 Å². The van der Waals surface area contributed by atoms with Gasteiger partial charge in [-0.3, -0.25) is 0 Å². The summed E-state index contributed by atoms with van der Waals surface area (Å²) in [6.45, 7) is 6.98. The van der Waals surface area contributed by atoms with Gasteiger partial charge in [-0.1, -0.05) is 32.4 Å². The molecule has 3 rings (SSSR count). The van der Waals surface area contributed by atoms with Crippen molar-refractivity contribution in [2.75, 3.05) is 5.32 Å². The van der Waals surface area contributed by atoms with E-state index in [0.717, 1.165) is 22.8 Å². The summed E-state index contributed by atoms with van der Waals surface area (Å²) in [7, 11) is 0. The lowest BCUT2D eigenvalue weighted by Crippen LogP contribution is -2.23. The van der Waals surface area contributed by atoms with Gasteiger partial charge in [-0.15, -0.1) is 0 Å². The van der Waals surface area contributed by atoms with E-state index < -0.39 is 0 Å². The molecule has 112 valence electrons. The number of hydrogen-bond donors (Lipinski definition) is 1. The van der Waals surface area contributed by atoms with Gasteiger partial charge in [0.1, 0.15) is 12.7 Å². The Morgan fingerprint density at radius 2 is 2.14 bits per heavy atom. The first-order valence-corrected chi connectivity index (χ1v) is 7.73. The van der Waals surface area contributed by atoms with Crippen LogP contribution in [-0.2, 0) is 0 Å². The summed E-state index contributed by atoms with van der Waals surface area (Å²) < 4.78 is 1.77. The molecule has 1 saturated carbocycles. The predicted molar refractivity (Wildman–Crippen MR) is 86.0 cm³/mol. The molecule has 5 heteroatoms. The van der Waals surface area contributed by atoms with Crippen molar-refractivity contribution in [2.45, 2.75) is 39.7 Å². The number of halogens is 1. The zero-order valence-electron chi connectivity index (χ0n) is 12.7. The summed E-state index contributed by atoms with van der Waals surface area (Å²) in [5.74, 6) is 0.641. The van der Waals surface area contributed by atoms with Gasteiger partial charge in [-0.05, 0) is 42.4 Å². The van der Waals surface area contributed by atoms with Crippen molar-refractivity contribution in [3.8, 4) is 5.69 Å². The van der Waals surface area contributed by atoms with Crippen molar-refractivity contribution in [3.63, 3.8) is 0 Å². The molecule has 1 fully saturated rings. The molecule has 1 aliphatic rings. The maximum atomic E-state index is 6.17. The van der Waals surface area contributed by atoms with Gasteiger partial charge in [0.15, 0.2) is 0 Å². The molecule has 1 N–H and O–H groups in total. The number of benzene rings is 1. The summed E-state index contributed by atoms with van der Waals surface area (Å²) in [5, 5.41) is 8.62. The van der Waals surface area contributed by atoms with Crippen molar-refractivity contribution >= 4 is 17.3 Å². The number of nitrogens with one attached hydrogen (secondary N) is 1. The molecule has 2 unspecified atom stereocenters. The fourth-order valence-corrected chi connectivity index (χ4v) is 3.62. The molecule has 2 atom stereocenters.